The van der Waals surface area contributed by atoms with Gasteiger partial charge in [-0.15, -0.1) is 10.2 Å². The number of nitrogens with zero attached hydrogens (tertiary/aromatic N) is 5. The Morgan fingerprint density at radius 2 is 1.74 bits per heavy atom. The van der Waals surface area contributed by atoms with Crippen LogP contribution in [0.3, 0.4) is 0 Å². The molecular weight excluding hydrogens is 361 g/mol. The molecule has 0 spiro atoms. The lowest BCUT2D eigenvalue weighted by atomic mass is 10.1. The van der Waals surface area contributed by atoms with Crippen molar-refractivity contribution in [3.05, 3.63) is 53.9 Å². The fraction of sp³-hybridized carbons (Fsp3) is 0.294. The lowest BCUT2D eigenvalue weighted by Crippen LogP contribution is -2.26. The van der Waals surface area contributed by atoms with Crippen molar-refractivity contribution in [2.24, 2.45) is 0 Å². The molecule has 1 aromatic carbocycles. The van der Waals surface area contributed by atoms with E-state index >= 15 is 0 Å². The SMILES string of the molecule is CN(C)CC(Nc1ncc(-c2nnc(C(F)F)o2)cn1)c1ccc(F)cc1. The fourth-order valence-corrected chi connectivity index (χ4v) is 2.40. The van der Waals surface area contributed by atoms with Gasteiger partial charge in [0.25, 0.3) is 11.8 Å². The zero-order valence-corrected chi connectivity index (χ0v) is 14.6. The molecule has 0 aliphatic rings. The summed E-state index contributed by atoms with van der Waals surface area (Å²) in [6.07, 6.45) is -0.0408. The lowest BCUT2D eigenvalue weighted by Gasteiger charge is -2.22. The van der Waals surface area contributed by atoms with Crippen molar-refractivity contribution >= 4 is 5.95 Å². The topological polar surface area (TPSA) is 80.0 Å². The number of anilines is 1. The molecule has 0 aliphatic carbocycles. The summed E-state index contributed by atoms with van der Waals surface area (Å²) in [4.78, 5) is 10.3. The van der Waals surface area contributed by atoms with Gasteiger partial charge in [0.05, 0.1) is 11.6 Å². The average molecular weight is 378 g/mol. The highest BCUT2D eigenvalue weighted by Crippen LogP contribution is 2.23. The molecule has 2 aromatic heterocycles. The van der Waals surface area contributed by atoms with Crippen molar-refractivity contribution in [1.29, 1.82) is 0 Å². The van der Waals surface area contributed by atoms with Gasteiger partial charge in [0.15, 0.2) is 0 Å². The molecule has 3 rings (SSSR count). The number of benzene rings is 1. The van der Waals surface area contributed by atoms with Gasteiger partial charge in [-0.3, -0.25) is 0 Å². The smallest absolute Gasteiger partial charge is 0.314 e. The van der Waals surface area contributed by atoms with Crippen molar-refractivity contribution in [2.75, 3.05) is 26.0 Å². The molecule has 0 aliphatic heterocycles. The van der Waals surface area contributed by atoms with E-state index in [0.717, 1.165) is 5.56 Å². The number of hydrogen-bond donors (Lipinski definition) is 1. The fourth-order valence-electron chi connectivity index (χ4n) is 2.40. The number of halogens is 3. The number of aromatic nitrogens is 4. The van der Waals surface area contributed by atoms with Crippen molar-refractivity contribution in [1.82, 2.24) is 25.1 Å². The van der Waals surface area contributed by atoms with Gasteiger partial charge in [-0.2, -0.15) is 8.78 Å². The first-order valence-corrected chi connectivity index (χ1v) is 8.03. The van der Waals surface area contributed by atoms with E-state index < -0.39 is 12.3 Å². The molecule has 0 bridgehead atoms. The lowest BCUT2D eigenvalue weighted by molar-refractivity contribution is 0.116. The molecule has 10 heteroatoms. The zero-order chi connectivity index (χ0) is 19.4. The van der Waals surface area contributed by atoms with Crippen molar-refractivity contribution in [3.63, 3.8) is 0 Å². The maximum absolute atomic E-state index is 13.2. The van der Waals surface area contributed by atoms with Gasteiger partial charge in [-0.25, -0.2) is 14.4 Å². The standard InChI is InChI=1S/C17H17F3N6O/c1-26(2)9-13(10-3-5-12(18)6-4-10)23-17-21-7-11(8-22-17)15-24-25-16(27-15)14(19)20/h3-8,13-14H,9H2,1-2H3,(H,21,22,23). The minimum Gasteiger partial charge on any atom is -0.415 e. The van der Waals surface area contributed by atoms with Crippen LogP contribution in [0.4, 0.5) is 19.1 Å². The Kier molecular flexibility index (Phi) is 5.65. The van der Waals surface area contributed by atoms with E-state index in [1.807, 2.05) is 19.0 Å². The third-order valence-corrected chi connectivity index (χ3v) is 3.65. The molecule has 0 fully saturated rings. The third kappa shape index (κ3) is 4.79. The molecule has 1 N–H and O–H groups in total. The Bertz CT molecular complexity index is 867. The molecule has 0 radical (unpaired) electrons. The second-order valence-corrected chi connectivity index (χ2v) is 6.05. The molecule has 0 saturated carbocycles. The Morgan fingerprint density at radius 3 is 2.30 bits per heavy atom. The monoisotopic (exact) mass is 378 g/mol. The van der Waals surface area contributed by atoms with E-state index in [9.17, 15) is 13.2 Å². The quantitative estimate of drug-likeness (QED) is 0.675. The number of alkyl halides is 2. The van der Waals surface area contributed by atoms with Crippen LogP contribution in [-0.4, -0.2) is 45.7 Å². The van der Waals surface area contributed by atoms with E-state index in [4.69, 9.17) is 4.42 Å². The second-order valence-electron chi connectivity index (χ2n) is 6.05. The summed E-state index contributed by atoms with van der Waals surface area (Å²) >= 11 is 0. The molecule has 0 amide bonds. The Morgan fingerprint density at radius 1 is 1.07 bits per heavy atom. The zero-order valence-electron chi connectivity index (χ0n) is 14.6. The largest absolute Gasteiger partial charge is 0.415 e. The van der Waals surface area contributed by atoms with Gasteiger partial charge in [0.2, 0.25) is 5.95 Å². The van der Waals surface area contributed by atoms with Crippen molar-refractivity contribution < 1.29 is 17.6 Å². The summed E-state index contributed by atoms with van der Waals surface area (Å²) in [7, 11) is 3.83. The normalized spacial score (nSPS) is 12.6. The summed E-state index contributed by atoms with van der Waals surface area (Å²) in [6, 6.07) is 5.98. The van der Waals surface area contributed by atoms with E-state index in [2.05, 4.69) is 25.5 Å². The number of hydrogen-bond acceptors (Lipinski definition) is 7. The van der Waals surface area contributed by atoms with Gasteiger partial charge in [-0.1, -0.05) is 12.1 Å². The summed E-state index contributed by atoms with van der Waals surface area (Å²) in [5, 5.41) is 10.00. The molecule has 27 heavy (non-hydrogen) atoms. The van der Waals surface area contributed by atoms with E-state index in [0.29, 0.717) is 18.1 Å². The molecule has 2 heterocycles. The molecule has 1 unspecified atom stereocenters. The van der Waals surface area contributed by atoms with Crippen LogP contribution in [0.5, 0.6) is 0 Å². The van der Waals surface area contributed by atoms with Crippen LogP contribution in [0.1, 0.15) is 23.9 Å². The minimum absolute atomic E-state index is 0.0831. The maximum atomic E-state index is 13.2. The summed E-state index contributed by atoms with van der Waals surface area (Å²) in [5.41, 5.74) is 1.20. The number of nitrogens with one attached hydrogen (secondary N) is 1. The maximum Gasteiger partial charge on any atom is 0.314 e. The number of likely N-dealkylation sites (N-methyl/N-ethyl adjacent to an activating group) is 1. The van der Waals surface area contributed by atoms with Crippen LogP contribution < -0.4 is 5.32 Å². The van der Waals surface area contributed by atoms with Crippen molar-refractivity contribution in [3.8, 4) is 11.5 Å². The highest BCUT2D eigenvalue weighted by molar-refractivity contribution is 5.50. The van der Waals surface area contributed by atoms with E-state index in [1.54, 1.807) is 12.1 Å². The predicted octanol–water partition coefficient (Wildman–Crippen LogP) is 3.32. The van der Waals surface area contributed by atoms with Gasteiger partial charge in [0.1, 0.15) is 5.82 Å². The first-order chi connectivity index (χ1) is 12.9. The van der Waals surface area contributed by atoms with Crippen LogP contribution in [0.25, 0.3) is 11.5 Å². The number of rotatable bonds is 7. The summed E-state index contributed by atoms with van der Waals surface area (Å²) < 4.78 is 43.1. The van der Waals surface area contributed by atoms with E-state index in [-0.39, 0.29) is 17.7 Å². The van der Waals surface area contributed by atoms with Crippen LogP contribution in [0, 0.1) is 5.82 Å². The van der Waals surface area contributed by atoms with Crippen LogP contribution in [0.2, 0.25) is 0 Å². The summed E-state index contributed by atoms with van der Waals surface area (Å²) in [6.45, 7) is 0.623. The van der Waals surface area contributed by atoms with Crippen molar-refractivity contribution in [2.45, 2.75) is 12.5 Å². The highest BCUT2D eigenvalue weighted by Gasteiger charge is 2.18. The Labute approximate surface area is 153 Å². The van der Waals surface area contributed by atoms with Crippen LogP contribution in [-0.2, 0) is 0 Å². The molecule has 3 aromatic rings. The van der Waals surface area contributed by atoms with Gasteiger partial charge >= 0.3 is 6.43 Å². The predicted molar refractivity (Wildman–Crippen MR) is 91.6 cm³/mol. The molecule has 142 valence electrons. The Hall–Kier alpha value is -3.01. The van der Waals surface area contributed by atoms with Gasteiger partial charge in [-0.05, 0) is 31.8 Å². The van der Waals surface area contributed by atoms with E-state index in [1.165, 1.54) is 24.5 Å². The summed E-state index contributed by atoms with van der Waals surface area (Å²) in [5.74, 6) is -0.830. The Balaban J connectivity index is 1.76. The van der Waals surface area contributed by atoms with Crippen LogP contribution in [0.15, 0.2) is 41.1 Å². The minimum atomic E-state index is -2.84. The third-order valence-electron chi connectivity index (χ3n) is 3.65. The molecule has 0 saturated heterocycles. The molecular formula is C17H17F3N6O. The molecule has 1 atom stereocenters. The first-order valence-electron chi connectivity index (χ1n) is 8.03. The first kappa shape index (κ1) is 18.8. The average Bonchev–Trinajstić information content (AvgIpc) is 3.12. The second kappa shape index (κ2) is 8.12. The molecule has 7 nitrogen and oxygen atoms in total. The van der Waals surface area contributed by atoms with Crippen LogP contribution >= 0.6 is 0 Å². The highest BCUT2D eigenvalue weighted by atomic mass is 19.3. The van der Waals surface area contributed by atoms with Gasteiger partial charge < -0.3 is 14.6 Å². The van der Waals surface area contributed by atoms with Gasteiger partial charge in [0, 0.05) is 18.9 Å².